The average molecular weight is 477 g/mol. The number of rotatable bonds is 5. The molecule has 0 spiro atoms. The van der Waals surface area contributed by atoms with Gasteiger partial charge in [0.15, 0.2) is 5.71 Å². The lowest BCUT2D eigenvalue weighted by Gasteiger charge is -2.34. The quantitative estimate of drug-likeness (QED) is 0.407. The van der Waals surface area contributed by atoms with Crippen LogP contribution in [0.5, 0.6) is 5.75 Å². The molecule has 8 heteroatoms. The van der Waals surface area contributed by atoms with Crippen LogP contribution >= 0.6 is 0 Å². The van der Waals surface area contributed by atoms with E-state index in [1.165, 1.54) is 5.01 Å². The number of nitrogens with zero attached hydrogens (tertiary/aromatic N) is 3. The van der Waals surface area contributed by atoms with Crippen molar-refractivity contribution < 1.29 is 19.8 Å². The standard InChI is InChI=1S/C27H32N4O4/c1-17-22(24(33)31(30-17)19-13-11-18(12-14-19)26(2,3)4)29-28-21-10-8-9-20(23(21)32)27(25(34)35)15-6-5-7-16-27/h8-14,28,32H,5-7,15-16H2,1-4H3,(H,34,35). The third kappa shape index (κ3) is 4.52. The van der Waals surface area contributed by atoms with E-state index in [-0.39, 0.29) is 28.5 Å². The smallest absolute Gasteiger partial charge is 0.314 e. The molecule has 3 N–H and O–H groups in total. The Morgan fingerprint density at radius 1 is 1.09 bits per heavy atom. The van der Waals surface area contributed by atoms with Crippen LogP contribution in [-0.2, 0) is 20.4 Å². The van der Waals surface area contributed by atoms with Crippen LogP contribution in [0.4, 0.5) is 11.4 Å². The Hall–Kier alpha value is -3.68. The predicted molar refractivity (Wildman–Crippen MR) is 137 cm³/mol. The summed E-state index contributed by atoms with van der Waals surface area (Å²) in [6.07, 6.45) is 3.52. The van der Waals surface area contributed by atoms with E-state index in [1.54, 1.807) is 25.1 Å². The van der Waals surface area contributed by atoms with E-state index in [2.05, 4.69) is 36.4 Å². The zero-order valence-corrected chi connectivity index (χ0v) is 20.6. The number of para-hydroxylation sites is 1. The monoisotopic (exact) mass is 476 g/mol. The van der Waals surface area contributed by atoms with Crippen molar-refractivity contribution in [3.63, 3.8) is 0 Å². The Morgan fingerprint density at radius 3 is 2.34 bits per heavy atom. The molecule has 2 aromatic rings. The van der Waals surface area contributed by atoms with Crippen molar-refractivity contribution in [2.45, 2.75) is 70.6 Å². The van der Waals surface area contributed by atoms with Crippen molar-refractivity contribution in [2.24, 2.45) is 10.2 Å². The van der Waals surface area contributed by atoms with Gasteiger partial charge in [-0.2, -0.15) is 15.2 Å². The van der Waals surface area contributed by atoms with Gasteiger partial charge in [-0.05, 0) is 48.9 Å². The van der Waals surface area contributed by atoms with E-state index in [1.807, 2.05) is 24.3 Å². The molecule has 0 bridgehead atoms. The minimum absolute atomic E-state index is 0.00332. The first-order valence-electron chi connectivity index (χ1n) is 11.9. The first-order chi connectivity index (χ1) is 16.5. The van der Waals surface area contributed by atoms with Gasteiger partial charge in [0.2, 0.25) is 0 Å². The first-order valence-corrected chi connectivity index (χ1v) is 11.9. The molecule has 0 unspecified atom stereocenters. The van der Waals surface area contributed by atoms with Gasteiger partial charge in [-0.15, -0.1) is 0 Å². The molecule has 35 heavy (non-hydrogen) atoms. The van der Waals surface area contributed by atoms with Crippen LogP contribution in [-0.4, -0.2) is 33.5 Å². The van der Waals surface area contributed by atoms with Crippen LogP contribution in [0.2, 0.25) is 0 Å². The fourth-order valence-electron chi connectivity index (χ4n) is 4.79. The predicted octanol–water partition coefficient (Wildman–Crippen LogP) is 5.17. The van der Waals surface area contributed by atoms with E-state index in [0.717, 1.165) is 24.8 Å². The number of hydrogen-bond donors (Lipinski definition) is 3. The summed E-state index contributed by atoms with van der Waals surface area (Å²) in [6.45, 7) is 8.07. The van der Waals surface area contributed by atoms with Gasteiger partial charge in [0, 0.05) is 5.56 Å². The van der Waals surface area contributed by atoms with Crippen molar-refractivity contribution in [1.29, 1.82) is 0 Å². The Kier molecular flexibility index (Phi) is 6.40. The number of benzene rings is 2. The number of carboxylic acids is 1. The second-order valence-corrected chi connectivity index (χ2v) is 10.3. The molecule has 1 saturated carbocycles. The zero-order valence-electron chi connectivity index (χ0n) is 20.6. The first kappa shape index (κ1) is 24.4. The lowest BCUT2D eigenvalue weighted by molar-refractivity contribution is -0.145. The van der Waals surface area contributed by atoms with E-state index in [0.29, 0.717) is 29.8 Å². The molecule has 1 amide bonds. The van der Waals surface area contributed by atoms with E-state index in [4.69, 9.17) is 0 Å². The summed E-state index contributed by atoms with van der Waals surface area (Å²) < 4.78 is 0. The van der Waals surface area contributed by atoms with Gasteiger partial charge in [-0.3, -0.25) is 15.0 Å². The Labute approximate surface area is 205 Å². The number of aromatic hydroxyl groups is 1. The van der Waals surface area contributed by atoms with Crippen LogP contribution < -0.4 is 10.4 Å². The number of phenolic OH excluding ortho intramolecular Hbond substituents is 1. The molecule has 1 aliphatic heterocycles. The van der Waals surface area contributed by atoms with Crippen LogP contribution in [0, 0.1) is 0 Å². The largest absolute Gasteiger partial charge is 0.505 e. The van der Waals surface area contributed by atoms with Crippen LogP contribution in [0.1, 0.15) is 70.9 Å². The Bertz CT molecular complexity index is 1200. The summed E-state index contributed by atoms with van der Waals surface area (Å²) in [4.78, 5) is 25.3. The molecule has 1 heterocycles. The van der Waals surface area contributed by atoms with Crippen molar-refractivity contribution in [3.8, 4) is 5.75 Å². The highest BCUT2D eigenvalue weighted by atomic mass is 16.4. The maximum atomic E-state index is 13.1. The molecule has 2 aromatic carbocycles. The molecular weight excluding hydrogens is 444 g/mol. The number of aliphatic carboxylic acids is 1. The van der Waals surface area contributed by atoms with Gasteiger partial charge in [-0.25, -0.2) is 0 Å². The molecule has 8 nitrogen and oxygen atoms in total. The average Bonchev–Trinajstić information content (AvgIpc) is 3.11. The summed E-state index contributed by atoms with van der Waals surface area (Å²) in [5, 5.41) is 30.9. The van der Waals surface area contributed by atoms with Gasteiger partial charge in [0.25, 0.3) is 0 Å². The zero-order chi connectivity index (χ0) is 25.4. The van der Waals surface area contributed by atoms with Crippen molar-refractivity contribution in [3.05, 3.63) is 53.6 Å². The van der Waals surface area contributed by atoms with Crippen LogP contribution in [0.25, 0.3) is 0 Å². The number of hydrogen-bond acceptors (Lipinski definition) is 6. The SMILES string of the molecule is CC1=NN(c2ccc(C(C)(C)C)cc2)C(=O)C1=NNc1cccc(C2(C(=O)O)CCCCC2)c1O. The van der Waals surface area contributed by atoms with Gasteiger partial charge < -0.3 is 10.2 Å². The molecule has 0 saturated heterocycles. The number of nitrogens with one attached hydrogen (secondary N) is 1. The third-order valence-electron chi connectivity index (χ3n) is 6.92. The molecule has 0 radical (unpaired) electrons. The Morgan fingerprint density at radius 2 is 1.74 bits per heavy atom. The fourth-order valence-corrected chi connectivity index (χ4v) is 4.79. The molecular formula is C27H32N4O4. The number of carbonyl (C=O) groups excluding carboxylic acids is 1. The maximum absolute atomic E-state index is 13.1. The number of amides is 1. The molecule has 2 aliphatic rings. The Balaban J connectivity index is 1.58. The summed E-state index contributed by atoms with van der Waals surface area (Å²) in [6, 6.07) is 12.6. The van der Waals surface area contributed by atoms with E-state index >= 15 is 0 Å². The normalized spacial score (nSPS) is 19.1. The maximum Gasteiger partial charge on any atom is 0.314 e. The van der Waals surface area contributed by atoms with Crippen LogP contribution in [0.15, 0.2) is 52.7 Å². The van der Waals surface area contributed by atoms with Gasteiger partial charge in [-0.1, -0.05) is 64.3 Å². The van der Waals surface area contributed by atoms with Crippen LogP contribution in [0.3, 0.4) is 0 Å². The summed E-state index contributed by atoms with van der Waals surface area (Å²) >= 11 is 0. The number of anilines is 2. The summed E-state index contributed by atoms with van der Waals surface area (Å²) in [7, 11) is 0. The van der Waals surface area contributed by atoms with E-state index in [9.17, 15) is 19.8 Å². The molecule has 0 atom stereocenters. The van der Waals surface area contributed by atoms with E-state index < -0.39 is 11.4 Å². The van der Waals surface area contributed by atoms with Gasteiger partial charge in [0.05, 0.1) is 22.5 Å². The molecule has 4 rings (SSSR count). The lowest BCUT2D eigenvalue weighted by atomic mass is 9.69. The molecule has 184 valence electrons. The molecule has 1 aliphatic carbocycles. The number of carboxylic acid groups (broad SMARTS) is 1. The highest BCUT2D eigenvalue weighted by Crippen LogP contribution is 2.45. The minimum atomic E-state index is -1.12. The van der Waals surface area contributed by atoms with Crippen molar-refractivity contribution in [2.75, 3.05) is 10.4 Å². The topological polar surface area (TPSA) is 115 Å². The molecule has 1 fully saturated rings. The van der Waals surface area contributed by atoms with Crippen molar-refractivity contribution in [1.82, 2.24) is 0 Å². The fraction of sp³-hybridized carbons (Fsp3) is 0.407. The van der Waals surface area contributed by atoms with Crippen molar-refractivity contribution >= 4 is 34.7 Å². The summed E-state index contributed by atoms with van der Waals surface area (Å²) in [5.74, 6) is -1.47. The highest BCUT2D eigenvalue weighted by molar-refractivity contribution is 6.71. The lowest BCUT2D eigenvalue weighted by Crippen LogP contribution is -2.37. The minimum Gasteiger partial charge on any atom is -0.505 e. The summed E-state index contributed by atoms with van der Waals surface area (Å²) in [5.41, 5.74) is 4.61. The second kappa shape index (κ2) is 9.17. The third-order valence-corrected chi connectivity index (χ3v) is 6.92. The van der Waals surface area contributed by atoms with Gasteiger partial charge >= 0.3 is 11.9 Å². The van der Waals surface area contributed by atoms with Gasteiger partial charge in [0.1, 0.15) is 5.75 Å². The molecule has 0 aromatic heterocycles. The second-order valence-electron chi connectivity index (χ2n) is 10.3. The number of hydrazone groups is 2. The number of carbonyl (C=O) groups is 2. The number of phenols is 1. The highest BCUT2D eigenvalue weighted by Gasteiger charge is 2.43.